The van der Waals surface area contributed by atoms with Crippen molar-refractivity contribution in [2.45, 2.75) is 19.4 Å². The number of rotatable bonds is 4. The highest BCUT2D eigenvalue weighted by atomic mass is 15.2. The number of nitrogens with two attached hydrogens (primary N) is 1. The largest absolute Gasteiger partial charge is 0.271 e. The maximum Gasteiger partial charge on any atom is 0.0501 e. The lowest BCUT2D eigenvalue weighted by Crippen LogP contribution is -2.29. The third-order valence-electron chi connectivity index (χ3n) is 2.81. The van der Waals surface area contributed by atoms with Gasteiger partial charge < -0.3 is 0 Å². The molecular weight excluding hydrogens is 210 g/mol. The molecule has 0 saturated heterocycles. The van der Waals surface area contributed by atoms with Crippen molar-refractivity contribution in [1.29, 1.82) is 0 Å². The van der Waals surface area contributed by atoms with E-state index >= 15 is 0 Å². The Labute approximate surface area is 102 Å². The van der Waals surface area contributed by atoms with Crippen LogP contribution in [0.1, 0.15) is 22.9 Å². The normalized spacial score (nSPS) is 12.4. The fraction of sp³-hybridized carbons (Fsp3) is 0.214. The van der Waals surface area contributed by atoms with E-state index in [1.165, 1.54) is 11.1 Å². The summed E-state index contributed by atoms with van der Waals surface area (Å²) in [5.41, 5.74) is 6.31. The Morgan fingerprint density at radius 1 is 1.24 bits per heavy atom. The third-order valence-corrected chi connectivity index (χ3v) is 2.81. The van der Waals surface area contributed by atoms with E-state index in [9.17, 15) is 0 Å². The van der Waals surface area contributed by atoms with E-state index in [0.29, 0.717) is 0 Å². The van der Waals surface area contributed by atoms with E-state index in [1.807, 2.05) is 37.4 Å². The summed E-state index contributed by atoms with van der Waals surface area (Å²) in [5, 5.41) is 0. The molecule has 1 aromatic heterocycles. The number of hydrazine groups is 1. The molecule has 0 aliphatic heterocycles. The van der Waals surface area contributed by atoms with Crippen molar-refractivity contribution in [3.8, 4) is 0 Å². The molecule has 0 aliphatic rings. The number of nitrogens with zero attached hydrogens (tertiary/aromatic N) is 1. The van der Waals surface area contributed by atoms with Crippen LogP contribution in [0.2, 0.25) is 0 Å². The molecule has 3 nitrogen and oxygen atoms in total. The summed E-state index contributed by atoms with van der Waals surface area (Å²) in [5.74, 6) is 5.63. The fourth-order valence-electron chi connectivity index (χ4n) is 1.91. The average Bonchev–Trinajstić information content (AvgIpc) is 2.37. The third kappa shape index (κ3) is 3.12. The molecular formula is C14H17N3. The zero-order chi connectivity index (χ0) is 12.1. The molecule has 0 spiro atoms. The van der Waals surface area contributed by atoms with E-state index < -0.39 is 0 Å². The Morgan fingerprint density at radius 3 is 2.65 bits per heavy atom. The number of aromatic nitrogens is 1. The first kappa shape index (κ1) is 11.8. The highest BCUT2D eigenvalue weighted by Gasteiger charge is 2.10. The Balaban J connectivity index is 2.17. The van der Waals surface area contributed by atoms with Crippen LogP contribution in [-0.4, -0.2) is 4.98 Å². The lowest BCUT2D eigenvalue weighted by atomic mass is 10.00. The van der Waals surface area contributed by atoms with Gasteiger partial charge in [-0.1, -0.05) is 30.3 Å². The number of aryl methyl sites for hydroxylation is 1. The van der Waals surface area contributed by atoms with Crippen LogP contribution in [0.5, 0.6) is 0 Å². The second-order valence-electron chi connectivity index (χ2n) is 4.14. The lowest BCUT2D eigenvalue weighted by molar-refractivity contribution is 0.551. The predicted octanol–water partition coefficient (Wildman–Crippen LogP) is 2.14. The second kappa shape index (κ2) is 5.57. The highest BCUT2D eigenvalue weighted by Crippen LogP contribution is 2.17. The van der Waals surface area contributed by atoms with Crippen LogP contribution in [0, 0.1) is 6.92 Å². The van der Waals surface area contributed by atoms with Crippen molar-refractivity contribution in [2.75, 3.05) is 0 Å². The van der Waals surface area contributed by atoms with Crippen molar-refractivity contribution in [1.82, 2.24) is 10.4 Å². The summed E-state index contributed by atoms with van der Waals surface area (Å²) in [6.45, 7) is 1.99. The van der Waals surface area contributed by atoms with Crippen molar-refractivity contribution < 1.29 is 0 Å². The maximum absolute atomic E-state index is 5.63. The van der Waals surface area contributed by atoms with E-state index in [1.54, 1.807) is 0 Å². The zero-order valence-corrected chi connectivity index (χ0v) is 9.93. The average molecular weight is 227 g/mol. The molecule has 0 amide bonds. The first-order chi connectivity index (χ1) is 8.29. The van der Waals surface area contributed by atoms with Crippen LogP contribution < -0.4 is 11.3 Å². The maximum atomic E-state index is 5.63. The van der Waals surface area contributed by atoms with Crippen LogP contribution in [0.15, 0.2) is 48.7 Å². The van der Waals surface area contributed by atoms with Gasteiger partial charge in [0, 0.05) is 11.9 Å². The molecule has 1 aromatic carbocycles. The number of pyridine rings is 1. The van der Waals surface area contributed by atoms with Crippen molar-refractivity contribution in [3.05, 3.63) is 65.5 Å². The van der Waals surface area contributed by atoms with E-state index in [0.717, 1.165) is 12.1 Å². The number of hydrogen-bond acceptors (Lipinski definition) is 3. The predicted molar refractivity (Wildman–Crippen MR) is 69.2 cm³/mol. The summed E-state index contributed by atoms with van der Waals surface area (Å²) in [6.07, 6.45) is 2.70. The van der Waals surface area contributed by atoms with Crippen LogP contribution in [0.4, 0.5) is 0 Å². The first-order valence-corrected chi connectivity index (χ1v) is 5.72. The summed E-state index contributed by atoms with van der Waals surface area (Å²) >= 11 is 0. The minimum absolute atomic E-state index is 0.124. The molecule has 0 fully saturated rings. The van der Waals surface area contributed by atoms with E-state index in [4.69, 9.17) is 5.84 Å². The summed E-state index contributed by atoms with van der Waals surface area (Å²) in [7, 11) is 0. The molecule has 0 bridgehead atoms. The molecule has 0 radical (unpaired) electrons. The van der Waals surface area contributed by atoms with Gasteiger partial charge in [0.25, 0.3) is 0 Å². The SMILES string of the molecule is Cc1cc(C(Cc2ccccc2)NN)ccn1. The lowest BCUT2D eigenvalue weighted by Gasteiger charge is -2.16. The van der Waals surface area contributed by atoms with Gasteiger partial charge in [0.15, 0.2) is 0 Å². The first-order valence-electron chi connectivity index (χ1n) is 5.72. The van der Waals surface area contributed by atoms with Crippen LogP contribution in [0.25, 0.3) is 0 Å². The van der Waals surface area contributed by atoms with Crippen molar-refractivity contribution in [2.24, 2.45) is 5.84 Å². The quantitative estimate of drug-likeness (QED) is 0.621. The van der Waals surface area contributed by atoms with Gasteiger partial charge in [0.05, 0.1) is 6.04 Å². The summed E-state index contributed by atoms with van der Waals surface area (Å²) < 4.78 is 0. The zero-order valence-electron chi connectivity index (χ0n) is 9.93. The number of nitrogens with one attached hydrogen (secondary N) is 1. The van der Waals surface area contributed by atoms with Crippen molar-refractivity contribution >= 4 is 0 Å². The molecule has 0 saturated carbocycles. The Kier molecular flexibility index (Phi) is 3.85. The van der Waals surface area contributed by atoms with Gasteiger partial charge in [0.1, 0.15) is 0 Å². The van der Waals surface area contributed by atoms with Gasteiger partial charge in [-0.05, 0) is 36.6 Å². The minimum atomic E-state index is 0.124. The molecule has 3 N–H and O–H groups in total. The molecule has 3 heteroatoms. The molecule has 88 valence electrons. The van der Waals surface area contributed by atoms with E-state index in [-0.39, 0.29) is 6.04 Å². The van der Waals surface area contributed by atoms with Gasteiger partial charge in [-0.2, -0.15) is 0 Å². The Hall–Kier alpha value is -1.71. The molecule has 1 atom stereocenters. The number of benzene rings is 1. The van der Waals surface area contributed by atoms with Crippen molar-refractivity contribution in [3.63, 3.8) is 0 Å². The van der Waals surface area contributed by atoms with Gasteiger partial charge in [-0.3, -0.25) is 16.3 Å². The molecule has 0 aliphatic carbocycles. The number of hydrogen-bond donors (Lipinski definition) is 2. The molecule has 2 rings (SSSR count). The monoisotopic (exact) mass is 227 g/mol. The fourth-order valence-corrected chi connectivity index (χ4v) is 1.91. The molecule has 1 heterocycles. The van der Waals surface area contributed by atoms with Crippen LogP contribution >= 0.6 is 0 Å². The van der Waals surface area contributed by atoms with Gasteiger partial charge in [0.2, 0.25) is 0 Å². The Morgan fingerprint density at radius 2 is 2.00 bits per heavy atom. The van der Waals surface area contributed by atoms with Crippen LogP contribution in [0.3, 0.4) is 0 Å². The molecule has 1 unspecified atom stereocenters. The molecule has 2 aromatic rings. The standard InChI is InChI=1S/C14H17N3/c1-11-9-13(7-8-16-11)14(17-15)10-12-5-3-2-4-6-12/h2-9,14,17H,10,15H2,1H3. The van der Waals surface area contributed by atoms with Gasteiger partial charge in [-0.15, -0.1) is 0 Å². The summed E-state index contributed by atoms with van der Waals surface area (Å²) in [6, 6.07) is 14.5. The smallest absolute Gasteiger partial charge is 0.0501 e. The molecule has 17 heavy (non-hydrogen) atoms. The van der Waals surface area contributed by atoms with Gasteiger partial charge >= 0.3 is 0 Å². The van der Waals surface area contributed by atoms with E-state index in [2.05, 4.69) is 28.6 Å². The second-order valence-corrected chi connectivity index (χ2v) is 4.14. The topological polar surface area (TPSA) is 50.9 Å². The van der Waals surface area contributed by atoms with Crippen LogP contribution in [-0.2, 0) is 6.42 Å². The minimum Gasteiger partial charge on any atom is -0.271 e. The van der Waals surface area contributed by atoms with Gasteiger partial charge in [-0.25, -0.2) is 0 Å². The summed E-state index contributed by atoms with van der Waals surface area (Å²) in [4.78, 5) is 4.19. The Bertz CT molecular complexity index is 468. The highest BCUT2D eigenvalue weighted by molar-refractivity contribution is 5.23.